The van der Waals surface area contributed by atoms with Crippen molar-refractivity contribution in [1.29, 1.82) is 0 Å². The molecule has 32 heavy (non-hydrogen) atoms. The second kappa shape index (κ2) is 10.3. The largest absolute Gasteiger partial charge is 0.467 e. The Balaban J connectivity index is 1.51. The zero-order valence-corrected chi connectivity index (χ0v) is 19.6. The average Bonchev–Trinajstić information content (AvgIpc) is 3.24. The number of alkyl carbamates (subject to hydrolysis) is 1. The summed E-state index contributed by atoms with van der Waals surface area (Å²) in [6, 6.07) is 8.03. The lowest BCUT2D eigenvalue weighted by atomic mass is 10.1. The van der Waals surface area contributed by atoms with Crippen LogP contribution in [0.2, 0.25) is 0 Å². The van der Waals surface area contributed by atoms with Crippen LogP contribution >= 0.6 is 7.37 Å². The zero-order chi connectivity index (χ0) is 23.4. The summed E-state index contributed by atoms with van der Waals surface area (Å²) in [7, 11) is -2.38. The number of hydrogen-bond acceptors (Lipinski definition) is 7. The summed E-state index contributed by atoms with van der Waals surface area (Å²) in [6.07, 6.45) is 0.397. The maximum Gasteiger partial charge on any atom is 0.408 e. The highest BCUT2D eigenvalue weighted by atomic mass is 31.2. The fourth-order valence-electron chi connectivity index (χ4n) is 4.31. The molecule has 5 atom stereocenters. The molecule has 0 aromatic heterocycles. The summed E-state index contributed by atoms with van der Waals surface area (Å²) in [5, 5.41) is 2.44. The molecule has 0 spiro atoms. The lowest BCUT2D eigenvalue weighted by Crippen LogP contribution is -2.42. The van der Waals surface area contributed by atoms with Gasteiger partial charge >= 0.3 is 12.1 Å². The lowest BCUT2D eigenvalue weighted by molar-refractivity contribution is -0.155. The topological polar surface area (TPSA) is 120 Å². The molecule has 9 nitrogen and oxygen atoms in total. The molecule has 1 aliphatic heterocycles. The molecule has 1 aromatic carbocycles. The number of fused-ring (bicyclic) bond motifs is 1. The van der Waals surface area contributed by atoms with Gasteiger partial charge in [-0.1, -0.05) is 30.3 Å². The number of hydrogen-bond donors (Lipinski definition) is 2. The summed E-state index contributed by atoms with van der Waals surface area (Å²) in [5.41, 5.74) is 0.799. The normalized spacial score (nSPS) is 26.6. The summed E-state index contributed by atoms with van der Waals surface area (Å²) < 4.78 is 34.5. The van der Waals surface area contributed by atoms with Crippen molar-refractivity contribution in [2.45, 2.75) is 63.8 Å². The second-order valence-corrected chi connectivity index (χ2v) is 11.3. The second-order valence-electron chi connectivity index (χ2n) is 8.80. The Bertz CT molecular complexity index is 846. The third kappa shape index (κ3) is 6.78. The van der Waals surface area contributed by atoms with Gasteiger partial charge < -0.3 is 29.2 Å². The number of benzene rings is 1. The van der Waals surface area contributed by atoms with Crippen molar-refractivity contribution in [3.05, 3.63) is 35.9 Å². The van der Waals surface area contributed by atoms with Gasteiger partial charge in [0.1, 0.15) is 12.6 Å². The third-order valence-corrected chi connectivity index (χ3v) is 7.78. The van der Waals surface area contributed by atoms with Crippen molar-refractivity contribution >= 4 is 19.4 Å². The van der Waals surface area contributed by atoms with Gasteiger partial charge in [0.15, 0.2) is 5.79 Å². The van der Waals surface area contributed by atoms with E-state index in [4.69, 9.17) is 18.9 Å². The van der Waals surface area contributed by atoms with Crippen LogP contribution in [0.25, 0.3) is 0 Å². The van der Waals surface area contributed by atoms with E-state index in [9.17, 15) is 19.0 Å². The Morgan fingerprint density at radius 2 is 1.97 bits per heavy atom. The third-order valence-electron chi connectivity index (χ3n) is 5.79. The van der Waals surface area contributed by atoms with Crippen LogP contribution in [0.3, 0.4) is 0 Å². The van der Waals surface area contributed by atoms with Crippen LogP contribution in [-0.4, -0.2) is 60.4 Å². The first-order valence-corrected chi connectivity index (χ1v) is 12.8. The lowest BCUT2D eigenvalue weighted by Gasteiger charge is -2.24. The Labute approximate surface area is 188 Å². The number of rotatable bonds is 9. The van der Waals surface area contributed by atoms with Crippen molar-refractivity contribution in [3.63, 3.8) is 0 Å². The molecule has 1 aliphatic carbocycles. The highest BCUT2D eigenvalue weighted by Crippen LogP contribution is 2.50. The van der Waals surface area contributed by atoms with Crippen molar-refractivity contribution in [2.24, 2.45) is 5.92 Å². The van der Waals surface area contributed by atoms with Gasteiger partial charge in [-0.25, -0.2) is 9.59 Å². The minimum Gasteiger partial charge on any atom is -0.467 e. The molecule has 178 valence electrons. The Hall–Kier alpha value is -1.93. The highest BCUT2D eigenvalue weighted by Gasteiger charge is 2.50. The predicted molar refractivity (Wildman–Crippen MR) is 116 cm³/mol. The summed E-state index contributed by atoms with van der Waals surface area (Å²) in [5.74, 6) is -1.47. The van der Waals surface area contributed by atoms with E-state index in [0.717, 1.165) is 18.4 Å². The fraction of sp³-hybridized carbons (Fsp3) is 0.636. The molecular formula is C22H32NO8P. The first-order chi connectivity index (χ1) is 15.1. The van der Waals surface area contributed by atoms with Gasteiger partial charge in [-0.05, 0) is 44.6 Å². The maximum absolute atomic E-state index is 12.9. The molecule has 0 radical (unpaired) electrons. The molecule has 1 unspecified atom stereocenters. The molecule has 1 saturated heterocycles. The van der Waals surface area contributed by atoms with E-state index in [1.807, 2.05) is 32.0 Å². The van der Waals surface area contributed by atoms with E-state index in [1.165, 1.54) is 7.11 Å². The van der Waals surface area contributed by atoms with Crippen molar-refractivity contribution in [3.8, 4) is 0 Å². The van der Waals surface area contributed by atoms with Crippen LogP contribution in [0.5, 0.6) is 0 Å². The summed E-state index contributed by atoms with van der Waals surface area (Å²) >= 11 is 0. The number of esters is 1. The maximum atomic E-state index is 12.9. The van der Waals surface area contributed by atoms with E-state index < -0.39 is 31.3 Å². The molecule has 1 aromatic rings. The van der Waals surface area contributed by atoms with Gasteiger partial charge in [-0.15, -0.1) is 0 Å². The average molecular weight is 469 g/mol. The van der Waals surface area contributed by atoms with Gasteiger partial charge in [-0.3, -0.25) is 4.57 Å². The Morgan fingerprint density at radius 3 is 2.66 bits per heavy atom. The smallest absolute Gasteiger partial charge is 0.408 e. The molecule has 2 aliphatic rings. The highest BCUT2D eigenvalue weighted by molar-refractivity contribution is 7.58. The van der Waals surface area contributed by atoms with Gasteiger partial charge in [0.05, 0.1) is 19.3 Å². The molecule has 1 saturated carbocycles. The zero-order valence-electron chi connectivity index (χ0n) is 18.7. The van der Waals surface area contributed by atoms with E-state index in [-0.39, 0.29) is 43.5 Å². The standard InChI is InChI=1S/C22H32NO8P/c1-22(2)30-18-10-9-16(19(18)31-22)14-32(26,27)12-11-17(20(24)28-3)23-21(25)29-13-15-7-5-4-6-8-15/h4-8,16-19H,9-14H2,1-3H3,(H,23,25)(H,26,27)/t16-,17+,18+,19-/m1/s1. The summed E-state index contributed by atoms with van der Waals surface area (Å²) in [4.78, 5) is 34.8. The van der Waals surface area contributed by atoms with Gasteiger partial charge in [0.25, 0.3) is 0 Å². The summed E-state index contributed by atoms with van der Waals surface area (Å²) in [6.45, 7) is 3.72. The molecule has 10 heteroatoms. The molecule has 0 bridgehead atoms. The molecule has 3 rings (SSSR count). The number of nitrogens with one attached hydrogen (secondary N) is 1. The minimum absolute atomic E-state index is 0.0371. The predicted octanol–water partition coefficient (Wildman–Crippen LogP) is 3.05. The van der Waals surface area contributed by atoms with Gasteiger partial charge in [0.2, 0.25) is 7.37 Å². The van der Waals surface area contributed by atoms with Crippen LogP contribution in [0.4, 0.5) is 4.79 Å². The van der Waals surface area contributed by atoms with Crippen LogP contribution in [0, 0.1) is 5.92 Å². The minimum atomic E-state index is -3.58. The number of methoxy groups -OCH3 is 1. The molecule has 1 heterocycles. The van der Waals surface area contributed by atoms with Crippen molar-refractivity contribution < 1.29 is 38.0 Å². The van der Waals surface area contributed by atoms with Crippen LogP contribution in [0.15, 0.2) is 30.3 Å². The molecule has 1 amide bonds. The number of ether oxygens (including phenoxy) is 4. The van der Waals surface area contributed by atoms with Crippen molar-refractivity contribution in [2.75, 3.05) is 19.4 Å². The molecular weight excluding hydrogens is 437 g/mol. The van der Waals surface area contributed by atoms with E-state index in [1.54, 1.807) is 12.1 Å². The van der Waals surface area contributed by atoms with Gasteiger partial charge in [0, 0.05) is 12.3 Å². The van der Waals surface area contributed by atoms with Crippen LogP contribution in [0.1, 0.15) is 38.7 Å². The number of amides is 1. The quantitative estimate of drug-likeness (QED) is 0.418. The van der Waals surface area contributed by atoms with Crippen LogP contribution < -0.4 is 5.32 Å². The van der Waals surface area contributed by atoms with Crippen LogP contribution in [-0.2, 0) is 34.9 Å². The van der Waals surface area contributed by atoms with E-state index in [0.29, 0.717) is 0 Å². The van der Waals surface area contributed by atoms with E-state index in [2.05, 4.69) is 5.32 Å². The molecule has 2 fully saturated rings. The Kier molecular flexibility index (Phi) is 7.98. The number of carbonyl (C=O) groups is 2. The van der Waals surface area contributed by atoms with Crippen molar-refractivity contribution in [1.82, 2.24) is 5.32 Å². The van der Waals surface area contributed by atoms with E-state index >= 15 is 0 Å². The monoisotopic (exact) mass is 469 g/mol. The first kappa shape index (κ1) is 24.7. The van der Waals surface area contributed by atoms with Gasteiger partial charge in [-0.2, -0.15) is 0 Å². The number of carbonyl (C=O) groups excluding carboxylic acids is 2. The fourth-order valence-corrected chi connectivity index (χ4v) is 6.28. The molecule has 2 N–H and O–H groups in total. The SMILES string of the molecule is COC(=O)[C@H](CCP(=O)(O)C[C@H]1CC[C@@H]2OC(C)(C)O[C@H]12)NC(=O)OCc1ccccc1. The Morgan fingerprint density at radius 1 is 1.25 bits per heavy atom. The first-order valence-electron chi connectivity index (χ1n) is 10.8.